The van der Waals surface area contributed by atoms with Crippen molar-refractivity contribution in [3.63, 3.8) is 0 Å². The number of nitrogens with zero attached hydrogens (tertiary/aromatic N) is 1. The molecule has 0 spiro atoms. The van der Waals surface area contributed by atoms with E-state index in [1.165, 1.54) is 4.88 Å². The van der Waals surface area contributed by atoms with Crippen molar-refractivity contribution in [3.05, 3.63) is 21.9 Å². The van der Waals surface area contributed by atoms with Gasteiger partial charge in [0.15, 0.2) is 0 Å². The molecule has 1 N–H and O–H groups in total. The maximum Gasteiger partial charge on any atom is 0.104 e. The van der Waals surface area contributed by atoms with E-state index in [-0.39, 0.29) is 6.61 Å². The minimum Gasteiger partial charge on any atom is -0.384 e. The fourth-order valence-corrected chi connectivity index (χ4v) is 3.20. The lowest BCUT2D eigenvalue weighted by Gasteiger charge is -2.35. The number of rotatable bonds is 2. The van der Waals surface area contributed by atoms with E-state index in [4.69, 9.17) is 9.84 Å². The number of hydrogen-bond donors (Lipinski definition) is 1. The smallest absolute Gasteiger partial charge is 0.104 e. The van der Waals surface area contributed by atoms with Gasteiger partial charge in [0, 0.05) is 30.1 Å². The highest BCUT2D eigenvalue weighted by molar-refractivity contribution is 7.10. The van der Waals surface area contributed by atoms with Crippen LogP contribution in [0.5, 0.6) is 0 Å². The van der Waals surface area contributed by atoms with E-state index in [0.29, 0.717) is 12.2 Å². The fraction of sp³-hybridized carbons (Fsp3) is 0.571. The number of thiophene rings is 1. The van der Waals surface area contributed by atoms with E-state index in [9.17, 15) is 0 Å². The molecule has 3 nitrogen and oxygen atoms in total. The van der Waals surface area contributed by atoms with E-state index >= 15 is 0 Å². The highest BCUT2D eigenvalue weighted by Crippen LogP contribution is 2.20. The summed E-state index contributed by atoms with van der Waals surface area (Å²) in [4.78, 5) is 3.69. The second-order valence-electron chi connectivity index (χ2n) is 4.67. The Hall–Kier alpha value is -0.860. The molecule has 1 aliphatic heterocycles. The second kappa shape index (κ2) is 6.35. The number of ether oxygens (including phenoxy) is 1. The first-order valence-electron chi connectivity index (χ1n) is 6.23. The summed E-state index contributed by atoms with van der Waals surface area (Å²) >= 11 is 1.73. The Morgan fingerprint density at radius 3 is 2.83 bits per heavy atom. The van der Waals surface area contributed by atoms with Gasteiger partial charge in [-0.25, -0.2) is 0 Å². The van der Waals surface area contributed by atoms with Crippen LogP contribution in [0.25, 0.3) is 0 Å². The Bertz CT molecular complexity index is 436. The Kier molecular flexibility index (Phi) is 4.79. The van der Waals surface area contributed by atoms with Crippen molar-refractivity contribution < 1.29 is 9.84 Å². The summed E-state index contributed by atoms with van der Waals surface area (Å²) in [6.07, 6.45) is 0.585. The summed E-state index contributed by atoms with van der Waals surface area (Å²) in [7, 11) is 0. The first-order chi connectivity index (χ1) is 8.69. The summed E-state index contributed by atoms with van der Waals surface area (Å²) < 4.78 is 5.73. The molecule has 0 saturated carbocycles. The van der Waals surface area contributed by atoms with Crippen molar-refractivity contribution in [2.45, 2.75) is 32.6 Å². The highest BCUT2D eigenvalue weighted by Gasteiger charge is 2.22. The van der Waals surface area contributed by atoms with Gasteiger partial charge in [-0.05, 0) is 25.3 Å². The molecular formula is C14H19NO2S. The molecular weight excluding hydrogens is 246 g/mol. The number of aliphatic hydroxyl groups excluding tert-OH is 1. The first kappa shape index (κ1) is 13.6. The molecule has 4 heteroatoms. The summed E-state index contributed by atoms with van der Waals surface area (Å²) in [6.45, 7) is 7.00. The van der Waals surface area contributed by atoms with Crippen LogP contribution in [0.4, 0.5) is 0 Å². The Labute approximate surface area is 112 Å². The molecule has 0 aliphatic carbocycles. The third kappa shape index (κ3) is 3.56. The molecule has 0 unspecified atom stereocenters. The zero-order valence-corrected chi connectivity index (χ0v) is 11.7. The summed E-state index contributed by atoms with van der Waals surface area (Å²) in [5.41, 5.74) is 1.04. The molecule has 1 saturated heterocycles. The lowest BCUT2D eigenvalue weighted by atomic mass is 10.2. The van der Waals surface area contributed by atoms with Gasteiger partial charge in [-0.3, -0.25) is 4.90 Å². The molecule has 1 aliphatic rings. The SMILES string of the molecule is C[C@@H]1CN(Cc2sccc2C#CCO)C[C@H](C)O1. The summed E-state index contributed by atoms with van der Waals surface area (Å²) in [5, 5.41) is 10.8. The number of hydrogen-bond acceptors (Lipinski definition) is 4. The van der Waals surface area contributed by atoms with Gasteiger partial charge in [-0.15, -0.1) is 11.3 Å². The van der Waals surface area contributed by atoms with Crippen LogP contribution >= 0.6 is 11.3 Å². The molecule has 1 aromatic heterocycles. The van der Waals surface area contributed by atoms with Crippen LogP contribution in [0.3, 0.4) is 0 Å². The molecule has 2 rings (SSSR count). The average molecular weight is 265 g/mol. The van der Waals surface area contributed by atoms with Gasteiger partial charge >= 0.3 is 0 Å². The van der Waals surface area contributed by atoms with Crippen molar-refractivity contribution >= 4 is 11.3 Å². The van der Waals surface area contributed by atoms with E-state index in [1.54, 1.807) is 11.3 Å². The predicted octanol–water partition coefficient (Wildman–Crippen LogP) is 1.70. The second-order valence-corrected chi connectivity index (χ2v) is 5.67. The zero-order chi connectivity index (χ0) is 13.0. The van der Waals surface area contributed by atoms with Crippen molar-refractivity contribution in [2.24, 2.45) is 0 Å². The van der Waals surface area contributed by atoms with Crippen molar-refractivity contribution in [2.75, 3.05) is 19.7 Å². The normalized spacial score (nSPS) is 24.6. The third-order valence-electron chi connectivity index (χ3n) is 2.91. The minimum absolute atomic E-state index is 0.0824. The van der Waals surface area contributed by atoms with Crippen LogP contribution in [0.1, 0.15) is 24.3 Å². The van der Waals surface area contributed by atoms with Gasteiger partial charge < -0.3 is 9.84 Å². The molecule has 2 heterocycles. The fourth-order valence-electron chi connectivity index (χ4n) is 2.33. The largest absolute Gasteiger partial charge is 0.384 e. The van der Waals surface area contributed by atoms with Crippen LogP contribution < -0.4 is 0 Å². The Morgan fingerprint density at radius 1 is 1.44 bits per heavy atom. The van der Waals surface area contributed by atoms with Crippen molar-refractivity contribution in [1.82, 2.24) is 4.90 Å². The Balaban J connectivity index is 2.02. The van der Waals surface area contributed by atoms with Gasteiger partial charge in [0.1, 0.15) is 6.61 Å². The van der Waals surface area contributed by atoms with E-state index in [0.717, 1.165) is 25.2 Å². The molecule has 1 aromatic rings. The standard InChI is InChI=1S/C14H19NO2S/c1-11-8-15(9-12(2)17-11)10-14-13(4-3-6-16)5-7-18-14/h5,7,11-12,16H,6,8-10H2,1-2H3/t11-,12+. The minimum atomic E-state index is -0.0824. The molecule has 0 amide bonds. The zero-order valence-electron chi connectivity index (χ0n) is 10.8. The van der Waals surface area contributed by atoms with Crippen molar-refractivity contribution in [3.8, 4) is 11.8 Å². The lowest BCUT2D eigenvalue weighted by Crippen LogP contribution is -2.44. The van der Waals surface area contributed by atoms with Crippen molar-refractivity contribution in [1.29, 1.82) is 0 Å². The maximum absolute atomic E-state index is 8.75. The first-order valence-corrected chi connectivity index (χ1v) is 7.11. The van der Waals surface area contributed by atoms with Crippen LogP contribution in [-0.4, -0.2) is 41.9 Å². The molecule has 18 heavy (non-hydrogen) atoms. The highest BCUT2D eigenvalue weighted by atomic mass is 32.1. The quantitative estimate of drug-likeness (QED) is 0.826. The van der Waals surface area contributed by atoms with E-state index < -0.39 is 0 Å². The summed E-state index contributed by atoms with van der Waals surface area (Å²) in [6, 6.07) is 2.02. The molecule has 1 fully saturated rings. The van der Waals surface area contributed by atoms with Gasteiger partial charge in [0.05, 0.1) is 12.2 Å². The molecule has 2 atom stereocenters. The van der Waals surface area contributed by atoms with Crippen LogP contribution in [0.2, 0.25) is 0 Å². The predicted molar refractivity (Wildman–Crippen MR) is 73.6 cm³/mol. The van der Waals surface area contributed by atoms with Gasteiger partial charge in [-0.2, -0.15) is 0 Å². The average Bonchev–Trinajstić information content (AvgIpc) is 2.72. The molecule has 98 valence electrons. The topological polar surface area (TPSA) is 32.7 Å². The van der Waals surface area contributed by atoms with Gasteiger partial charge in [-0.1, -0.05) is 11.8 Å². The van der Waals surface area contributed by atoms with E-state index in [1.807, 2.05) is 6.07 Å². The van der Waals surface area contributed by atoms with Gasteiger partial charge in [0.2, 0.25) is 0 Å². The van der Waals surface area contributed by atoms with E-state index in [2.05, 4.69) is 36.0 Å². The summed E-state index contributed by atoms with van der Waals surface area (Å²) in [5.74, 6) is 5.72. The number of aliphatic hydroxyl groups is 1. The van der Waals surface area contributed by atoms with Crippen LogP contribution in [-0.2, 0) is 11.3 Å². The monoisotopic (exact) mass is 265 g/mol. The molecule has 0 aromatic carbocycles. The maximum atomic E-state index is 8.75. The van der Waals surface area contributed by atoms with Gasteiger partial charge in [0.25, 0.3) is 0 Å². The van der Waals surface area contributed by atoms with Crippen LogP contribution in [0, 0.1) is 11.8 Å². The molecule has 0 bridgehead atoms. The lowest BCUT2D eigenvalue weighted by molar-refractivity contribution is -0.0702. The Morgan fingerprint density at radius 2 is 2.17 bits per heavy atom. The number of morpholine rings is 1. The van der Waals surface area contributed by atoms with Crippen LogP contribution in [0.15, 0.2) is 11.4 Å². The third-order valence-corrected chi connectivity index (χ3v) is 3.82. The molecule has 0 radical (unpaired) electrons.